The summed E-state index contributed by atoms with van der Waals surface area (Å²) in [5, 5.41) is 3.16. The molecule has 0 radical (unpaired) electrons. The lowest BCUT2D eigenvalue weighted by atomic mass is 10.00. The highest BCUT2D eigenvalue weighted by Gasteiger charge is 2.23. The number of benzene rings is 4. The van der Waals surface area contributed by atoms with Gasteiger partial charge in [0.1, 0.15) is 18.0 Å². The number of aromatic nitrogens is 2. The van der Waals surface area contributed by atoms with Gasteiger partial charge in [-0.3, -0.25) is 9.52 Å². The standard InChI is InChI=1S/C33H34N6O5S/c1-21(2)27-12-5-8-15-30(27)39(20-31(34)40)23-10-9-11-26(18-23)45(41,42)38-33-32(36-28-13-6-7-14-29(28)37-33)35-22-16-24(43-3)19-25(17-22)44-4/h5-19,21H,20H2,1-4H3,(H2,34,40)(H,35,36)(H,37,38). The molecule has 0 bridgehead atoms. The van der Waals surface area contributed by atoms with Gasteiger partial charge < -0.3 is 25.4 Å². The molecular weight excluding hydrogens is 592 g/mol. The number of carbonyl (C=O) groups excluding carboxylic acids is 1. The van der Waals surface area contributed by atoms with E-state index < -0.39 is 15.9 Å². The molecule has 5 aromatic rings. The lowest BCUT2D eigenvalue weighted by Crippen LogP contribution is -2.31. The molecule has 0 saturated heterocycles. The summed E-state index contributed by atoms with van der Waals surface area (Å²) in [6, 6.07) is 26.3. The van der Waals surface area contributed by atoms with E-state index in [0.29, 0.717) is 33.9 Å². The Labute approximate surface area is 262 Å². The van der Waals surface area contributed by atoms with E-state index in [1.165, 1.54) is 26.4 Å². The number of fused-ring (bicyclic) bond motifs is 1. The monoisotopic (exact) mass is 626 g/mol. The molecule has 12 heteroatoms. The Morgan fingerprint density at radius 3 is 2.09 bits per heavy atom. The van der Waals surface area contributed by atoms with Crippen LogP contribution < -0.4 is 30.1 Å². The van der Waals surface area contributed by atoms with Crippen LogP contribution in [0.25, 0.3) is 11.0 Å². The summed E-state index contributed by atoms with van der Waals surface area (Å²) in [6.07, 6.45) is 0. The number of sulfonamides is 1. The fourth-order valence-electron chi connectivity index (χ4n) is 4.87. The number of nitrogens with one attached hydrogen (secondary N) is 2. The Morgan fingerprint density at radius 2 is 1.47 bits per heavy atom. The number of ether oxygens (including phenoxy) is 2. The predicted octanol–water partition coefficient (Wildman–Crippen LogP) is 5.94. The molecule has 0 unspecified atom stereocenters. The first-order valence-corrected chi connectivity index (χ1v) is 15.6. The minimum atomic E-state index is -4.20. The van der Waals surface area contributed by atoms with Gasteiger partial charge in [-0.05, 0) is 47.9 Å². The fraction of sp³-hybridized carbons (Fsp3) is 0.182. The van der Waals surface area contributed by atoms with E-state index in [0.717, 1.165) is 11.3 Å². The molecule has 1 aromatic heterocycles. The predicted molar refractivity (Wildman–Crippen MR) is 176 cm³/mol. The van der Waals surface area contributed by atoms with Gasteiger partial charge in [0, 0.05) is 35.3 Å². The molecule has 0 spiro atoms. The average molecular weight is 627 g/mol. The topological polar surface area (TPSA) is 149 Å². The number of methoxy groups -OCH3 is 2. The number of hydrogen-bond donors (Lipinski definition) is 3. The van der Waals surface area contributed by atoms with Crippen LogP contribution in [-0.4, -0.2) is 45.1 Å². The van der Waals surface area contributed by atoms with Crippen LogP contribution in [0.2, 0.25) is 0 Å². The highest BCUT2D eigenvalue weighted by atomic mass is 32.2. The van der Waals surface area contributed by atoms with Crippen molar-refractivity contribution in [2.75, 3.05) is 35.7 Å². The van der Waals surface area contributed by atoms with Gasteiger partial charge in [0.05, 0.1) is 30.1 Å². The summed E-state index contributed by atoms with van der Waals surface area (Å²) >= 11 is 0. The van der Waals surface area contributed by atoms with Crippen LogP contribution in [0.5, 0.6) is 11.5 Å². The third-order valence-corrected chi connectivity index (χ3v) is 8.36. The van der Waals surface area contributed by atoms with E-state index in [1.54, 1.807) is 53.4 Å². The third-order valence-electron chi connectivity index (χ3n) is 7.02. The normalized spacial score (nSPS) is 11.3. The lowest BCUT2D eigenvalue weighted by molar-refractivity contribution is -0.116. The number of para-hydroxylation sites is 3. The van der Waals surface area contributed by atoms with Gasteiger partial charge in [-0.15, -0.1) is 0 Å². The van der Waals surface area contributed by atoms with E-state index in [-0.39, 0.29) is 29.0 Å². The van der Waals surface area contributed by atoms with Crippen molar-refractivity contribution < 1.29 is 22.7 Å². The summed E-state index contributed by atoms with van der Waals surface area (Å²) in [4.78, 5) is 23.1. The van der Waals surface area contributed by atoms with Gasteiger partial charge >= 0.3 is 0 Å². The summed E-state index contributed by atoms with van der Waals surface area (Å²) in [5.74, 6) is 0.807. The Hall–Kier alpha value is -5.36. The first kappa shape index (κ1) is 31.1. The smallest absolute Gasteiger partial charge is 0.263 e. The lowest BCUT2D eigenvalue weighted by Gasteiger charge is -2.27. The van der Waals surface area contributed by atoms with E-state index in [2.05, 4.69) is 20.0 Å². The Kier molecular flexibility index (Phi) is 9.05. The van der Waals surface area contributed by atoms with Crippen LogP contribution in [0.1, 0.15) is 25.3 Å². The van der Waals surface area contributed by atoms with Crippen LogP contribution in [0.3, 0.4) is 0 Å². The molecule has 0 aliphatic heterocycles. The van der Waals surface area contributed by atoms with E-state index >= 15 is 0 Å². The average Bonchev–Trinajstić information content (AvgIpc) is 3.03. The summed E-state index contributed by atoms with van der Waals surface area (Å²) < 4.78 is 41.2. The second kappa shape index (κ2) is 13.1. The van der Waals surface area contributed by atoms with Gasteiger partial charge in [-0.25, -0.2) is 18.4 Å². The van der Waals surface area contributed by atoms with Crippen molar-refractivity contribution in [2.45, 2.75) is 24.7 Å². The maximum atomic E-state index is 13.9. The first-order chi connectivity index (χ1) is 21.6. The maximum absolute atomic E-state index is 13.9. The highest BCUT2D eigenvalue weighted by Crippen LogP contribution is 2.35. The molecule has 232 valence electrons. The zero-order chi connectivity index (χ0) is 32.1. The van der Waals surface area contributed by atoms with Crippen molar-refractivity contribution in [1.82, 2.24) is 9.97 Å². The number of nitrogens with two attached hydrogens (primary N) is 1. The quantitative estimate of drug-likeness (QED) is 0.153. The number of rotatable bonds is 12. The van der Waals surface area contributed by atoms with Gasteiger partial charge in [-0.1, -0.05) is 50.2 Å². The molecule has 0 fully saturated rings. The molecule has 1 heterocycles. The van der Waals surface area contributed by atoms with Gasteiger partial charge in [0.25, 0.3) is 10.0 Å². The molecule has 0 aliphatic rings. The molecule has 45 heavy (non-hydrogen) atoms. The number of primary amides is 1. The van der Waals surface area contributed by atoms with Crippen molar-refractivity contribution in [3.05, 3.63) is 96.6 Å². The van der Waals surface area contributed by atoms with Crippen molar-refractivity contribution in [3.8, 4) is 11.5 Å². The fourth-order valence-corrected chi connectivity index (χ4v) is 5.92. The van der Waals surface area contributed by atoms with E-state index in [4.69, 9.17) is 15.2 Å². The van der Waals surface area contributed by atoms with Crippen LogP contribution in [0, 0.1) is 0 Å². The Morgan fingerprint density at radius 1 is 0.844 bits per heavy atom. The molecular formula is C33H34N6O5S. The van der Waals surface area contributed by atoms with Gasteiger partial charge in [0.15, 0.2) is 11.6 Å². The SMILES string of the molecule is COc1cc(Nc2nc3ccccc3nc2NS(=O)(=O)c2cccc(N(CC(N)=O)c3ccccc3C(C)C)c2)cc(OC)c1. The van der Waals surface area contributed by atoms with Crippen molar-refractivity contribution in [1.29, 1.82) is 0 Å². The number of anilines is 5. The molecule has 0 saturated carbocycles. The number of amides is 1. The minimum Gasteiger partial charge on any atom is -0.497 e. The van der Waals surface area contributed by atoms with Crippen molar-refractivity contribution >= 4 is 55.7 Å². The molecule has 1 amide bonds. The number of nitrogens with zero attached hydrogens (tertiary/aromatic N) is 3. The first-order valence-electron chi connectivity index (χ1n) is 14.1. The van der Waals surface area contributed by atoms with Crippen molar-refractivity contribution in [3.63, 3.8) is 0 Å². The van der Waals surface area contributed by atoms with E-state index in [9.17, 15) is 13.2 Å². The highest BCUT2D eigenvalue weighted by molar-refractivity contribution is 7.92. The molecule has 5 rings (SSSR count). The van der Waals surface area contributed by atoms with E-state index in [1.807, 2.05) is 44.2 Å². The number of hydrogen-bond acceptors (Lipinski definition) is 9. The molecule has 11 nitrogen and oxygen atoms in total. The molecule has 4 aromatic carbocycles. The Balaban J connectivity index is 1.55. The van der Waals surface area contributed by atoms with Gasteiger partial charge in [0.2, 0.25) is 5.91 Å². The van der Waals surface area contributed by atoms with Crippen LogP contribution >= 0.6 is 0 Å². The third kappa shape index (κ3) is 7.07. The van der Waals surface area contributed by atoms with Crippen molar-refractivity contribution in [2.24, 2.45) is 5.73 Å². The van der Waals surface area contributed by atoms with Crippen LogP contribution in [0.4, 0.5) is 28.7 Å². The Bertz CT molecular complexity index is 1940. The molecule has 0 atom stereocenters. The molecule has 4 N–H and O–H groups in total. The van der Waals surface area contributed by atoms with Crippen LogP contribution in [0.15, 0.2) is 95.9 Å². The summed E-state index contributed by atoms with van der Waals surface area (Å²) in [7, 11) is -1.13. The molecule has 0 aliphatic carbocycles. The number of carbonyl (C=O) groups is 1. The zero-order valence-electron chi connectivity index (χ0n) is 25.3. The van der Waals surface area contributed by atoms with Gasteiger partial charge in [-0.2, -0.15) is 0 Å². The minimum absolute atomic E-state index is 0.0139. The second-order valence-electron chi connectivity index (χ2n) is 10.5. The largest absolute Gasteiger partial charge is 0.497 e. The zero-order valence-corrected chi connectivity index (χ0v) is 26.1. The maximum Gasteiger partial charge on any atom is 0.263 e. The summed E-state index contributed by atoms with van der Waals surface area (Å²) in [5.41, 5.74) is 9.46. The summed E-state index contributed by atoms with van der Waals surface area (Å²) in [6.45, 7) is 3.95. The van der Waals surface area contributed by atoms with Crippen LogP contribution in [-0.2, 0) is 14.8 Å². The second-order valence-corrected chi connectivity index (χ2v) is 12.2.